The summed E-state index contributed by atoms with van der Waals surface area (Å²) in [5, 5.41) is 9.76. The molecule has 0 saturated carbocycles. The van der Waals surface area contributed by atoms with E-state index in [1.165, 1.54) is 0 Å². The van der Waals surface area contributed by atoms with Gasteiger partial charge in [-0.1, -0.05) is 23.8 Å². The number of phenols is 1. The van der Waals surface area contributed by atoms with Gasteiger partial charge in [0.15, 0.2) is 0 Å². The second kappa shape index (κ2) is 4.96. The fourth-order valence-corrected chi connectivity index (χ4v) is 1.99. The SMILES string of the molecule is C=CCc1cc(-c2cc(C)ccc2N)ccc1O. The molecular weight excluding hydrogens is 222 g/mol. The molecule has 0 atom stereocenters. The maximum atomic E-state index is 9.76. The van der Waals surface area contributed by atoms with Crippen molar-refractivity contribution in [3.05, 3.63) is 60.2 Å². The number of nitrogen functional groups attached to an aromatic ring is 1. The summed E-state index contributed by atoms with van der Waals surface area (Å²) in [5.74, 6) is 0.296. The summed E-state index contributed by atoms with van der Waals surface area (Å²) in [4.78, 5) is 0. The minimum atomic E-state index is 0.296. The molecule has 0 radical (unpaired) electrons. The van der Waals surface area contributed by atoms with E-state index in [1.807, 2.05) is 31.2 Å². The van der Waals surface area contributed by atoms with E-state index in [0.29, 0.717) is 12.2 Å². The highest BCUT2D eigenvalue weighted by Crippen LogP contribution is 2.30. The van der Waals surface area contributed by atoms with E-state index in [9.17, 15) is 5.11 Å². The normalized spacial score (nSPS) is 10.3. The molecule has 0 aliphatic carbocycles. The number of allylic oxidation sites excluding steroid dienone is 1. The lowest BCUT2D eigenvalue weighted by molar-refractivity contribution is 0.470. The number of benzene rings is 2. The first-order valence-corrected chi connectivity index (χ1v) is 5.91. The van der Waals surface area contributed by atoms with Crippen molar-refractivity contribution in [1.82, 2.24) is 0 Å². The molecule has 2 aromatic rings. The van der Waals surface area contributed by atoms with Crippen LogP contribution >= 0.6 is 0 Å². The zero-order valence-corrected chi connectivity index (χ0v) is 10.5. The number of aromatic hydroxyl groups is 1. The molecule has 2 aromatic carbocycles. The van der Waals surface area contributed by atoms with Crippen LogP contribution in [0.15, 0.2) is 49.1 Å². The van der Waals surface area contributed by atoms with E-state index in [2.05, 4.69) is 12.6 Å². The molecule has 3 N–H and O–H groups in total. The van der Waals surface area contributed by atoms with Gasteiger partial charge in [0.05, 0.1) is 0 Å². The Morgan fingerprint density at radius 2 is 2.00 bits per heavy atom. The second-order valence-corrected chi connectivity index (χ2v) is 4.43. The van der Waals surface area contributed by atoms with Crippen molar-refractivity contribution in [2.24, 2.45) is 0 Å². The van der Waals surface area contributed by atoms with Crippen LogP contribution < -0.4 is 5.73 Å². The predicted molar refractivity (Wildman–Crippen MR) is 76.6 cm³/mol. The van der Waals surface area contributed by atoms with E-state index < -0.39 is 0 Å². The zero-order valence-electron chi connectivity index (χ0n) is 10.5. The molecule has 0 saturated heterocycles. The largest absolute Gasteiger partial charge is 0.508 e. The summed E-state index contributed by atoms with van der Waals surface area (Å²) < 4.78 is 0. The zero-order chi connectivity index (χ0) is 13.1. The van der Waals surface area contributed by atoms with Crippen molar-refractivity contribution in [3.8, 4) is 16.9 Å². The van der Waals surface area contributed by atoms with Gasteiger partial charge in [-0.25, -0.2) is 0 Å². The molecule has 2 nitrogen and oxygen atoms in total. The Morgan fingerprint density at radius 3 is 2.72 bits per heavy atom. The van der Waals surface area contributed by atoms with Crippen molar-refractivity contribution in [1.29, 1.82) is 0 Å². The topological polar surface area (TPSA) is 46.2 Å². The Kier molecular flexibility index (Phi) is 3.38. The fourth-order valence-electron chi connectivity index (χ4n) is 1.99. The molecule has 0 fully saturated rings. The van der Waals surface area contributed by atoms with Crippen LogP contribution in [0.2, 0.25) is 0 Å². The predicted octanol–water partition coefficient (Wildman–Crippen LogP) is 3.68. The van der Waals surface area contributed by atoms with Gasteiger partial charge in [-0.2, -0.15) is 0 Å². The lowest BCUT2D eigenvalue weighted by Crippen LogP contribution is -1.92. The van der Waals surface area contributed by atoms with E-state index in [0.717, 1.165) is 27.9 Å². The van der Waals surface area contributed by atoms with Gasteiger partial charge in [0, 0.05) is 11.3 Å². The first kappa shape index (κ1) is 12.2. The Balaban J connectivity index is 2.53. The number of anilines is 1. The third-order valence-electron chi connectivity index (χ3n) is 2.96. The molecule has 0 amide bonds. The number of phenolic OH excluding ortho intramolecular Hbond substituents is 1. The average Bonchev–Trinajstić information content (AvgIpc) is 2.35. The highest BCUT2D eigenvalue weighted by molar-refractivity contribution is 5.77. The van der Waals surface area contributed by atoms with E-state index >= 15 is 0 Å². The smallest absolute Gasteiger partial charge is 0.119 e. The molecule has 2 rings (SSSR count). The Hall–Kier alpha value is -2.22. The third kappa shape index (κ3) is 2.38. The van der Waals surface area contributed by atoms with Gasteiger partial charge in [0.25, 0.3) is 0 Å². The van der Waals surface area contributed by atoms with Crippen LogP contribution in [0.5, 0.6) is 5.75 Å². The van der Waals surface area contributed by atoms with Crippen LogP contribution in [0.4, 0.5) is 5.69 Å². The van der Waals surface area contributed by atoms with Gasteiger partial charge in [-0.3, -0.25) is 0 Å². The van der Waals surface area contributed by atoms with E-state index in [1.54, 1.807) is 12.1 Å². The maximum absolute atomic E-state index is 9.76. The summed E-state index contributed by atoms with van der Waals surface area (Å²) >= 11 is 0. The quantitative estimate of drug-likeness (QED) is 0.634. The molecule has 0 bridgehead atoms. The highest BCUT2D eigenvalue weighted by atomic mass is 16.3. The minimum absolute atomic E-state index is 0.296. The first-order chi connectivity index (χ1) is 8.61. The van der Waals surface area contributed by atoms with Gasteiger partial charge < -0.3 is 10.8 Å². The Bertz CT molecular complexity index is 588. The molecule has 0 aliphatic heterocycles. The van der Waals surface area contributed by atoms with Gasteiger partial charge in [0.1, 0.15) is 5.75 Å². The fraction of sp³-hybridized carbons (Fsp3) is 0.125. The van der Waals surface area contributed by atoms with Gasteiger partial charge in [-0.15, -0.1) is 6.58 Å². The van der Waals surface area contributed by atoms with Crippen molar-refractivity contribution >= 4 is 5.69 Å². The van der Waals surface area contributed by atoms with Crippen molar-refractivity contribution < 1.29 is 5.11 Å². The van der Waals surface area contributed by atoms with Crippen LogP contribution in [0.3, 0.4) is 0 Å². The minimum Gasteiger partial charge on any atom is -0.508 e. The summed E-state index contributed by atoms with van der Waals surface area (Å²) in [6.07, 6.45) is 2.42. The van der Waals surface area contributed by atoms with Crippen molar-refractivity contribution in [2.75, 3.05) is 5.73 Å². The number of hydrogen-bond acceptors (Lipinski definition) is 2. The number of aryl methyl sites for hydroxylation is 1. The standard InChI is InChI=1S/C16H17NO/c1-3-4-13-10-12(6-8-16(13)18)14-9-11(2)5-7-15(14)17/h3,5-10,18H,1,4,17H2,2H3. The maximum Gasteiger partial charge on any atom is 0.119 e. The molecule has 0 unspecified atom stereocenters. The molecule has 2 heteroatoms. The average molecular weight is 239 g/mol. The third-order valence-corrected chi connectivity index (χ3v) is 2.96. The van der Waals surface area contributed by atoms with E-state index in [4.69, 9.17) is 5.73 Å². The summed E-state index contributed by atoms with van der Waals surface area (Å²) in [5.41, 5.74) is 10.8. The first-order valence-electron chi connectivity index (χ1n) is 5.91. The van der Waals surface area contributed by atoms with Gasteiger partial charge >= 0.3 is 0 Å². The van der Waals surface area contributed by atoms with Gasteiger partial charge in [0.2, 0.25) is 0 Å². The highest BCUT2D eigenvalue weighted by Gasteiger charge is 2.06. The van der Waals surface area contributed by atoms with Gasteiger partial charge in [-0.05, 0) is 48.7 Å². The summed E-state index contributed by atoms with van der Waals surface area (Å²) in [7, 11) is 0. The number of hydrogen-bond donors (Lipinski definition) is 2. The Morgan fingerprint density at radius 1 is 1.22 bits per heavy atom. The van der Waals surface area contributed by atoms with Crippen molar-refractivity contribution in [3.63, 3.8) is 0 Å². The number of rotatable bonds is 3. The van der Waals surface area contributed by atoms with E-state index in [-0.39, 0.29) is 0 Å². The summed E-state index contributed by atoms with van der Waals surface area (Å²) in [6.45, 7) is 5.73. The monoisotopic (exact) mass is 239 g/mol. The number of nitrogens with two attached hydrogens (primary N) is 1. The van der Waals surface area contributed by atoms with Crippen LogP contribution in [-0.4, -0.2) is 5.11 Å². The van der Waals surface area contributed by atoms with Crippen LogP contribution in [0, 0.1) is 6.92 Å². The summed E-state index contributed by atoms with van der Waals surface area (Å²) in [6, 6.07) is 11.5. The molecule has 0 aromatic heterocycles. The lowest BCUT2D eigenvalue weighted by Gasteiger charge is -2.10. The van der Waals surface area contributed by atoms with Crippen LogP contribution in [0.1, 0.15) is 11.1 Å². The molecule has 0 spiro atoms. The molecule has 92 valence electrons. The van der Waals surface area contributed by atoms with Crippen LogP contribution in [-0.2, 0) is 6.42 Å². The molecule has 0 aliphatic rings. The molecule has 0 heterocycles. The van der Waals surface area contributed by atoms with Crippen LogP contribution in [0.25, 0.3) is 11.1 Å². The lowest BCUT2D eigenvalue weighted by atomic mass is 9.98. The molecule has 18 heavy (non-hydrogen) atoms. The Labute approximate surface area is 107 Å². The van der Waals surface area contributed by atoms with Crippen molar-refractivity contribution in [2.45, 2.75) is 13.3 Å². The second-order valence-electron chi connectivity index (χ2n) is 4.43. The molecular formula is C16H17NO.